The van der Waals surface area contributed by atoms with Gasteiger partial charge in [0, 0.05) is 6.07 Å². The lowest BCUT2D eigenvalue weighted by Gasteiger charge is -2.46. The molecule has 32 heavy (non-hydrogen) atoms. The SMILES string of the molecule is FC(F)(F)c1cccc(COc2cccc(N(C3CCC3)[N+]34C=CN=CC3=CN=C4)c2)c1. The minimum absolute atomic E-state index is 0.0516. The van der Waals surface area contributed by atoms with E-state index in [4.69, 9.17) is 4.74 Å². The van der Waals surface area contributed by atoms with Crippen LogP contribution < -0.4 is 9.75 Å². The van der Waals surface area contributed by atoms with Gasteiger partial charge in [-0.25, -0.2) is 10.0 Å². The number of alkyl halides is 3. The van der Waals surface area contributed by atoms with Crippen LogP contribution in [0, 0.1) is 0 Å². The summed E-state index contributed by atoms with van der Waals surface area (Å²) in [7, 11) is 0. The molecule has 1 saturated carbocycles. The molecule has 5 nitrogen and oxygen atoms in total. The molecule has 1 aliphatic carbocycles. The van der Waals surface area contributed by atoms with Gasteiger partial charge < -0.3 is 4.74 Å². The number of ether oxygens (including phenoxy) is 1. The van der Waals surface area contributed by atoms with Crippen LogP contribution in [-0.2, 0) is 12.8 Å². The molecule has 164 valence electrons. The number of hydrogen-bond acceptors (Lipinski definition) is 4. The Bertz CT molecular complexity index is 1130. The lowest BCUT2D eigenvalue weighted by Crippen LogP contribution is -2.61. The molecule has 0 bridgehead atoms. The molecule has 1 unspecified atom stereocenters. The second kappa shape index (κ2) is 7.94. The second-order valence-corrected chi connectivity index (χ2v) is 8.05. The molecule has 2 aromatic carbocycles. The van der Waals surface area contributed by atoms with E-state index in [0.717, 1.165) is 36.4 Å². The van der Waals surface area contributed by atoms with Crippen LogP contribution in [0.2, 0.25) is 0 Å². The maximum atomic E-state index is 13.0. The predicted molar refractivity (Wildman–Crippen MR) is 117 cm³/mol. The third kappa shape index (κ3) is 3.71. The average molecular weight is 439 g/mol. The molecule has 0 spiro atoms. The van der Waals surface area contributed by atoms with Gasteiger partial charge in [-0.05, 0) is 49.1 Å². The summed E-state index contributed by atoms with van der Waals surface area (Å²) >= 11 is 0. The summed E-state index contributed by atoms with van der Waals surface area (Å²) in [6.45, 7) is 0.0516. The molecular formula is C24H22F3N4O+. The van der Waals surface area contributed by atoms with Crippen molar-refractivity contribution in [3.8, 4) is 5.75 Å². The highest BCUT2D eigenvalue weighted by Gasteiger charge is 2.46. The number of rotatable bonds is 6. The summed E-state index contributed by atoms with van der Waals surface area (Å²) in [5.41, 5.74) is 1.70. The smallest absolute Gasteiger partial charge is 0.416 e. The number of quaternary nitrogens is 1. The predicted octanol–water partition coefficient (Wildman–Crippen LogP) is 5.81. The van der Waals surface area contributed by atoms with Crippen molar-refractivity contribution in [3.05, 3.63) is 84.0 Å². The average Bonchev–Trinajstić information content (AvgIpc) is 3.19. The van der Waals surface area contributed by atoms with Crippen LogP contribution in [0.1, 0.15) is 30.4 Å². The van der Waals surface area contributed by atoms with Gasteiger partial charge in [0.25, 0.3) is 0 Å². The number of aliphatic imine (C=N–C) groups is 2. The minimum atomic E-state index is -4.37. The molecule has 0 saturated heterocycles. The van der Waals surface area contributed by atoms with E-state index >= 15 is 0 Å². The number of fused-ring (bicyclic) bond motifs is 1. The molecular weight excluding hydrogens is 417 g/mol. The van der Waals surface area contributed by atoms with Crippen molar-refractivity contribution in [2.24, 2.45) is 9.98 Å². The lowest BCUT2D eigenvalue weighted by atomic mass is 9.91. The van der Waals surface area contributed by atoms with Crippen molar-refractivity contribution >= 4 is 18.2 Å². The number of hydrogen-bond donors (Lipinski definition) is 0. The zero-order valence-corrected chi connectivity index (χ0v) is 17.2. The molecule has 0 N–H and O–H groups in total. The first-order chi connectivity index (χ1) is 15.5. The first kappa shape index (κ1) is 20.5. The third-order valence-electron chi connectivity index (χ3n) is 5.97. The molecule has 2 heterocycles. The summed E-state index contributed by atoms with van der Waals surface area (Å²) in [6, 6.07) is 13.2. The Labute approximate surface area is 184 Å². The van der Waals surface area contributed by atoms with Crippen molar-refractivity contribution in [3.63, 3.8) is 0 Å². The Morgan fingerprint density at radius 1 is 1.06 bits per heavy atom. The van der Waals surface area contributed by atoms with Gasteiger partial charge in [-0.1, -0.05) is 18.2 Å². The number of nitrogens with zero attached hydrogens (tertiary/aromatic N) is 4. The van der Waals surface area contributed by atoms with E-state index in [9.17, 15) is 13.2 Å². The topological polar surface area (TPSA) is 37.2 Å². The molecule has 5 rings (SSSR count). The van der Waals surface area contributed by atoms with E-state index in [0.29, 0.717) is 21.9 Å². The Balaban J connectivity index is 1.40. The maximum Gasteiger partial charge on any atom is 0.416 e. The normalized spacial score (nSPS) is 21.8. The maximum absolute atomic E-state index is 13.0. The quantitative estimate of drug-likeness (QED) is 0.533. The van der Waals surface area contributed by atoms with Crippen molar-refractivity contribution in [2.45, 2.75) is 38.1 Å². The van der Waals surface area contributed by atoms with E-state index in [1.54, 1.807) is 12.3 Å². The van der Waals surface area contributed by atoms with Gasteiger partial charge in [0.2, 0.25) is 12.0 Å². The van der Waals surface area contributed by atoms with Gasteiger partial charge in [-0.2, -0.15) is 13.2 Å². The Morgan fingerprint density at radius 3 is 2.69 bits per heavy atom. The van der Waals surface area contributed by atoms with Gasteiger partial charge >= 0.3 is 6.18 Å². The Morgan fingerprint density at radius 2 is 1.91 bits per heavy atom. The van der Waals surface area contributed by atoms with E-state index in [1.165, 1.54) is 12.5 Å². The number of allylic oxidation sites excluding steroid dienone is 1. The molecule has 0 amide bonds. The Hall–Kier alpha value is -3.39. The summed E-state index contributed by atoms with van der Waals surface area (Å²) in [5, 5.41) is 2.30. The molecule has 2 aromatic rings. The Kier molecular flexibility index (Phi) is 5.09. The molecule has 0 radical (unpaired) electrons. The summed E-state index contributed by atoms with van der Waals surface area (Å²) in [6.07, 6.45) is 8.21. The van der Waals surface area contributed by atoms with Gasteiger partial charge in [0.05, 0.1) is 35.9 Å². The molecule has 1 atom stereocenters. The lowest BCUT2D eigenvalue weighted by molar-refractivity contribution is -0.746. The van der Waals surface area contributed by atoms with E-state index in [-0.39, 0.29) is 6.61 Å². The monoisotopic (exact) mass is 439 g/mol. The van der Waals surface area contributed by atoms with Crippen molar-refractivity contribution in [1.29, 1.82) is 0 Å². The van der Waals surface area contributed by atoms with Gasteiger partial charge in [0.15, 0.2) is 6.20 Å². The van der Waals surface area contributed by atoms with Crippen LogP contribution in [0.5, 0.6) is 5.75 Å². The number of anilines is 1. The van der Waals surface area contributed by atoms with Crippen LogP contribution in [0.25, 0.3) is 0 Å². The van der Waals surface area contributed by atoms with E-state index in [2.05, 4.69) is 15.0 Å². The fourth-order valence-electron chi connectivity index (χ4n) is 4.16. The summed E-state index contributed by atoms with van der Waals surface area (Å²) in [5.74, 6) is 0.596. The second-order valence-electron chi connectivity index (χ2n) is 8.05. The highest BCUT2D eigenvalue weighted by Crippen LogP contribution is 2.40. The molecule has 3 aliphatic rings. The third-order valence-corrected chi connectivity index (χ3v) is 5.97. The van der Waals surface area contributed by atoms with Crippen molar-refractivity contribution in [1.82, 2.24) is 0 Å². The van der Waals surface area contributed by atoms with Crippen LogP contribution in [0.4, 0.5) is 18.9 Å². The van der Waals surface area contributed by atoms with Gasteiger partial charge in [-0.15, -0.1) is 4.59 Å². The van der Waals surface area contributed by atoms with Crippen LogP contribution >= 0.6 is 0 Å². The van der Waals surface area contributed by atoms with Crippen LogP contribution in [-0.4, -0.2) is 23.2 Å². The van der Waals surface area contributed by atoms with Crippen molar-refractivity contribution in [2.75, 3.05) is 5.01 Å². The first-order valence-electron chi connectivity index (χ1n) is 10.5. The van der Waals surface area contributed by atoms with Gasteiger partial charge in [0.1, 0.15) is 12.4 Å². The highest BCUT2D eigenvalue weighted by molar-refractivity contribution is 5.82. The zero-order chi connectivity index (χ0) is 22.2. The molecule has 8 heteroatoms. The molecule has 2 aliphatic heterocycles. The fourth-order valence-corrected chi connectivity index (χ4v) is 4.16. The van der Waals surface area contributed by atoms with E-state index in [1.807, 2.05) is 49.2 Å². The number of halogens is 3. The van der Waals surface area contributed by atoms with Crippen molar-refractivity contribution < 1.29 is 22.5 Å². The zero-order valence-electron chi connectivity index (χ0n) is 17.2. The van der Waals surface area contributed by atoms with Crippen LogP contribution in [0.15, 0.2) is 82.8 Å². The largest absolute Gasteiger partial charge is 0.489 e. The standard InChI is InChI=1S/C24H22F3N4O/c25-24(26,27)19-5-1-4-18(12-19)16-32-23-9-3-8-21(13-23)30(20-6-2-7-20)31-11-10-28-14-22(31)15-29-17-31/h1,3-5,8-15,17,20H,2,6-7,16H2/q+1. The summed E-state index contributed by atoms with van der Waals surface area (Å²) < 4.78 is 45.2. The van der Waals surface area contributed by atoms with Gasteiger partial charge in [-0.3, -0.25) is 4.99 Å². The first-order valence-corrected chi connectivity index (χ1v) is 10.5. The van der Waals surface area contributed by atoms with E-state index < -0.39 is 11.7 Å². The van der Waals surface area contributed by atoms with Crippen LogP contribution in [0.3, 0.4) is 0 Å². The summed E-state index contributed by atoms with van der Waals surface area (Å²) in [4.78, 5) is 8.64. The molecule has 0 aromatic heterocycles. The fraction of sp³-hybridized carbons (Fsp3) is 0.250. The molecule has 1 fully saturated rings. The highest BCUT2D eigenvalue weighted by atomic mass is 19.4. The minimum Gasteiger partial charge on any atom is -0.489 e. The number of benzene rings is 2.